The summed E-state index contributed by atoms with van der Waals surface area (Å²) < 4.78 is 27.0. The zero-order valence-electron chi connectivity index (χ0n) is 28.1. The van der Waals surface area contributed by atoms with Crippen molar-refractivity contribution in [2.24, 2.45) is 0 Å². The van der Waals surface area contributed by atoms with Crippen LogP contribution in [0.1, 0.15) is 29.3 Å². The van der Waals surface area contributed by atoms with Crippen LogP contribution in [-0.2, 0) is 9.59 Å². The van der Waals surface area contributed by atoms with Crippen LogP contribution in [0, 0.1) is 0 Å². The molecule has 1 atom stereocenters. The van der Waals surface area contributed by atoms with E-state index in [4.69, 9.17) is 23.7 Å². The first-order valence-electron chi connectivity index (χ1n) is 15.2. The van der Waals surface area contributed by atoms with E-state index in [9.17, 15) is 14.4 Å². The smallest absolute Gasteiger partial charge is 0.272 e. The Morgan fingerprint density at radius 3 is 1.94 bits per heavy atom. The molecule has 0 saturated carbocycles. The average Bonchev–Trinajstić information content (AvgIpc) is 3.13. The molecule has 0 radical (unpaired) electrons. The molecular formula is C37H39N3O8S. The molecule has 1 unspecified atom stereocenters. The molecule has 0 saturated heterocycles. The third kappa shape index (κ3) is 9.71. The van der Waals surface area contributed by atoms with Crippen LogP contribution in [0.2, 0.25) is 0 Å². The van der Waals surface area contributed by atoms with Gasteiger partial charge in [0.05, 0.1) is 40.8 Å². The van der Waals surface area contributed by atoms with Crippen molar-refractivity contribution in [2.75, 3.05) is 46.2 Å². The Bertz CT molecular complexity index is 1770. The van der Waals surface area contributed by atoms with Crippen molar-refractivity contribution in [1.82, 2.24) is 5.32 Å². The molecule has 0 aromatic heterocycles. The molecule has 0 aliphatic heterocycles. The zero-order valence-corrected chi connectivity index (χ0v) is 28.9. The average molecular weight is 686 g/mol. The number of hydrogen-bond donors (Lipinski definition) is 3. The van der Waals surface area contributed by atoms with Crippen molar-refractivity contribution >= 4 is 46.9 Å². The van der Waals surface area contributed by atoms with Gasteiger partial charge in [-0.25, -0.2) is 0 Å². The second-order valence-electron chi connectivity index (χ2n) is 10.4. The SMILES string of the molecule is CCC(Sc1cccc(NC(=O)/C(=C\c2cc(OC)c(OC)c(OC)c2)NC(=O)c2ccccc2)c1)C(=O)Nc1cc(OC)cc(OC)c1. The Balaban J connectivity index is 1.57. The van der Waals surface area contributed by atoms with E-state index in [2.05, 4.69) is 16.0 Å². The fourth-order valence-electron chi connectivity index (χ4n) is 4.73. The van der Waals surface area contributed by atoms with E-state index in [0.717, 1.165) is 4.90 Å². The highest BCUT2D eigenvalue weighted by atomic mass is 32.2. The van der Waals surface area contributed by atoms with Crippen molar-refractivity contribution in [3.05, 3.63) is 102 Å². The topological polar surface area (TPSA) is 133 Å². The van der Waals surface area contributed by atoms with Crippen LogP contribution >= 0.6 is 11.8 Å². The summed E-state index contributed by atoms with van der Waals surface area (Å²) in [5.41, 5.74) is 1.88. The number of thioether (sulfide) groups is 1. The normalized spacial score (nSPS) is 11.5. The molecule has 3 N–H and O–H groups in total. The molecule has 256 valence electrons. The molecule has 49 heavy (non-hydrogen) atoms. The van der Waals surface area contributed by atoms with Gasteiger partial charge in [-0.15, -0.1) is 11.8 Å². The summed E-state index contributed by atoms with van der Waals surface area (Å²) in [6.45, 7) is 1.92. The standard InChI is InChI=1S/C37H39N3O8S/c1-7-33(37(43)39-26-19-27(44-2)22-28(20-26)45-3)49-29-15-11-14-25(21-29)38-36(42)30(40-35(41)24-12-9-8-10-13-24)16-23-17-31(46-4)34(48-6)32(18-23)47-5/h8-22,33H,7H2,1-6H3,(H,38,42)(H,39,43)(H,40,41)/b30-16+. The lowest BCUT2D eigenvalue weighted by atomic mass is 10.1. The van der Waals surface area contributed by atoms with Gasteiger partial charge in [-0.2, -0.15) is 0 Å². The fourth-order valence-corrected chi connectivity index (χ4v) is 5.74. The lowest BCUT2D eigenvalue weighted by molar-refractivity contribution is -0.116. The molecule has 4 aromatic carbocycles. The minimum absolute atomic E-state index is 0.0271. The van der Waals surface area contributed by atoms with Gasteiger partial charge in [0.1, 0.15) is 17.2 Å². The summed E-state index contributed by atoms with van der Waals surface area (Å²) >= 11 is 1.36. The van der Waals surface area contributed by atoms with Crippen molar-refractivity contribution in [3.63, 3.8) is 0 Å². The quantitative estimate of drug-likeness (QED) is 0.0930. The van der Waals surface area contributed by atoms with Gasteiger partial charge in [0.25, 0.3) is 11.8 Å². The Hall–Kier alpha value is -5.62. The molecule has 3 amide bonds. The predicted octanol–water partition coefficient (Wildman–Crippen LogP) is 6.65. The number of methoxy groups -OCH3 is 5. The van der Waals surface area contributed by atoms with Gasteiger partial charge < -0.3 is 39.6 Å². The van der Waals surface area contributed by atoms with E-state index in [1.807, 2.05) is 13.0 Å². The van der Waals surface area contributed by atoms with Crippen LogP contribution < -0.4 is 39.6 Å². The molecule has 11 nitrogen and oxygen atoms in total. The number of carbonyl (C=O) groups excluding carboxylic acids is 3. The molecule has 0 spiro atoms. The van der Waals surface area contributed by atoms with E-state index in [0.29, 0.717) is 57.7 Å². The molecule has 0 aliphatic carbocycles. The van der Waals surface area contributed by atoms with Gasteiger partial charge >= 0.3 is 0 Å². The number of hydrogen-bond acceptors (Lipinski definition) is 9. The highest BCUT2D eigenvalue weighted by Gasteiger charge is 2.21. The van der Waals surface area contributed by atoms with Crippen LogP contribution in [0.5, 0.6) is 28.7 Å². The number of nitrogens with one attached hydrogen (secondary N) is 3. The Kier molecular flexibility index (Phi) is 12.9. The summed E-state index contributed by atoms with van der Waals surface area (Å²) in [6, 6.07) is 24.2. The van der Waals surface area contributed by atoms with Crippen molar-refractivity contribution < 1.29 is 38.1 Å². The third-order valence-corrected chi connectivity index (χ3v) is 8.54. The van der Waals surface area contributed by atoms with Gasteiger partial charge in [0.2, 0.25) is 11.7 Å². The highest BCUT2D eigenvalue weighted by molar-refractivity contribution is 8.00. The number of ether oxygens (including phenoxy) is 5. The lowest BCUT2D eigenvalue weighted by Crippen LogP contribution is -2.30. The first-order valence-corrected chi connectivity index (χ1v) is 16.1. The van der Waals surface area contributed by atoms with E-state index < -0.39 is 17.1 Å². The van der Waals surface area contributed by atoms with Gasteiger partial charge in [0, 0.05) is 40.0 Å². The Morgan fingerprint density at radius 2 is 1.37 bits per heavy atom. The maximum absolute atomic E-state index is 13.7. The molecular weight excluding hydrogens is 646 g/mol. The van der Waals surface area contributed by atoms with Gasteiger partial charge in [-0.05, 0) is 60.5 Å². The minimum atomic E-state index is -0.572. The van der Waals surface area contributed by atoms with Crippen LogP contribution in [0.3, 0.4) is 0 Å². The molecule has 4 rings (SSSR count). The zero-order chi connectivity index (χ0) is 35.3. The lowest BCUT2D eigenvalue weighted by Gasteiger charge is -2.17. The maximum atomic E-state index is 13.7. The summed E-state index contributed by atoms with van der Waals surface area (Å²) in [7, 11) is 7.56. The largest absolute Gasteiger partial charge is 0.497 e. The number of anilines is 2. The van der Waals surface area contributed by atoms with Gasteiger partial charge in [-0.3, -0.25) is 14.4 Å². The van der Waals surface area contributed by atoms with Crippen molar-refractivity contribution in [3.8, 4) is 28.7 Å². The van der Waals surface area contributed by atoms with E-state index in [1.165, 1.54) is 39.2 Å². The summed E-state index contributed by atoms with van der Waals surface area (Å²) in [5.74, 6) is 1.02. The van der Waals surface area contributed by atoms with Crippen LogP contribution in [0.4, 0.5) is 11.4 Å². The second kappa shape index (κ2) is 17.5. The summed E-state index contributed by atoms with van der Waals surface area (Å²) in [6.07, 6.45) is 2.06. The van der Waals surface area contributed by atoms with Crippen LogP contribution in [0.25, 0.3) is 6.08 Å². The first kappa shape index (κ1) is 36.2. The minimum Gasteiger partial charge on any atom is -0.497 e. The molecule has 0 aliphatic rings. The number of amides is 3. The maximum Gasteiger partial charge on any atom is 0.272 e. The Labute approximate surface area is 289 Å². The van der Waals surface area contributed by atoms with Gasteiger partial charge in [-0.1, -0.05) is 31.2 Å². The van der Waals surface area contributed by atoms with Crippen molar-refractivity contribution in [2.45, 2.75) is 23.5 Å². The van der Waals surface area contributed by atoms with Crippen LogP contribution in [0.15, 0.2) is 95.5 Å². The Morgan fingerprint density at radius 1 is 0.714 bits per heavy atom. The van der Waals surface area contributed by atoms with Gasteiger partial charge in [0.15, 0.2) is 11.5 Å². The van der Waals surface area contributed by atoms with E-state index >= 15 is 0 Å². The molecule has 12 heteroatoms. The molecule has 0 heterocycles. The monoisotopic (exact) mass is 685 g/mol. The molecule has 4 aromatic rings. The fraction of sp³-hybridized carbons (Fsp3) is 0.216. The molecule has 0 bridgehead atoms. The first-order chi connectivity index (χ1) is 23.7. The van der Waals surface area contributed by atoms with Crippen LogP contribution in [-0.4, -0.2) is 58.5 Å². The third-order valence-electron chi connectivity index (χ3n) is 7.18. The second-order valence-corrected chi connectivity index (χ2v) is 11.7. The van der Waals surface area contributed by atoms with E-state index in [-0.39, 0.29) is 11.6 Å². The number of carbonyl (C=O) groups is 3. The van der Waals surface area contributed by atoms with E-state index in [1.54, 1.807) is 93.1 Å². The predicted molar refractivity (Wildman–Crippen MR) is 191 cm³/mol. The molecule has 0 fully saturated rings. The summed E-state index contributed by atoms with van der Waals surface area (Å²) in [5, 5.41) is 8.11. The number of rotatable bonds is 15. The van der Waals surface area contributed by atoms with Crippen molar-refractivity contribution in [1.29, 1.82) is 0 Å². The summed E-state index contributed by atoms with van der Waals surface area (Å²) in [4.78, 5) is 40.9. The number of benzene rings is 4. The highest BCUT2D eigenvalue weighted by Crippen LogP contribution is 2.39.